The molecule has 0 bridgehead atoms. The Morgan fingerprint density at radius 3 is 2.48 bits per heavy atom. The van der Waals surface area contributed by atoms with Crippen molar-refractivity contribution in [1.29, 1.82) is 0 Å². The minimum absolute atomic E-state index is 0.0953. The molecule has 4 heterocycles. The van der Waals surface area contributed by atoms with Crippen molar-refractivity contribution in [1.82, 2.24) is 29.6 Å². The average molecular weight is 608 g/mol. The highest BCUT2D eigenvalue weighted by molar-refractivity contribution is 9.10. The number of amides is 2. The van der Waals surface area contributed by atoms with Gasteiger partial charge in [0.1, 0.15) is 34.9 Å². The summed E-state index contributed by atoms with van der Waals surface area (Å²) in [4.78, 5) is 63.7. The Bertz CT molecular complexity index is 1660. The van der Waals surface area contributed by atoms with Crippen molar-refractivity contribution >= 4 is 56.0 Å². The predicted octanol–water partition coefficient (Wildman–Crippen LogP) is 3.63. The van der Waals surface area contributed by atoms with Crippen LogP contribution in [0.2, 0.25) is 0 Å². The van der Waals surface area contributed by atoms with E-state index in [2.05, 4.69) is 41.3 Å². The second kappa shape index (κ2) is 11.0. The van der Waals surface area contributed by atoms with E-state index in [0.717, 1.165) is 0 Å². The average Bonchev–Trinajstić information content (AvgIpc) is 3.49. The summed E-state index contributed by atoms with van der Waals surface area (Å²) in [6.45, 7) is 2.21. The molecule has 3 aromatic heterocycles. The van der Waals surface area contributed by atoms with Crippen molar-refractivity contribution < 1.29 is 23.6 Å². The fourth-order valence-corrected chi connectivity index (χ4v) is 4.96. The lowest BCUT2D eigenvalue weighted by atomic mass is 10.0. The van der Waals surface area contributed by atoms with Gasteiger partial charge < -0.3 is 10.2 Å². The monoisotopic (exact) mass is 607 g/mol. The van der Waals surface area contributed by atoms with E-state index in [1.807, 2.05) is 0 Å². The van der Waals surface area contributed by atoms with E-state index < -0.39 is 24.0 Å². The number of Topliss-reactive ketones (excluding diaryl/α,β-unsaturated/α-hetero) is 2. The molecule has 0 radical (unpaired) electrons. The lowest BCUT2D eigenvalue weighted by Crippen LogP contribution is -2.44. The number of aromatic nitrogens is 5. The maximum atomic E-state index is 14.4. The molecule has 1 N–H and O–H groups in total. The van der Waals surface area contributed by atoms with Crippen molar-refractivity contribution in [2.24, 2.45) is 0 Å². The first-order chi connectivity index (χ1) is 19.1. The molecule has 2 atom stereocenters. The van der Waals surface area contributed by atoms with Crippen LogP contribution >= 0.6 is 15.9 Å². The predicted molar refractivity (Wildman–Crippen MR) is 146 cm³/mol. The van der Waals surface area contributed by atoms with E-state index in [4.69, 9.17) is 0 Å². The summed E-state index contributed by atoms with van der Waals surface area (Å²) in [5, 5.41) is 7.52. The number of hydrogen-bond donors (Lipinski definition) is 1. The number of nitrogens with one attached hydrogen (secondary N) is 1. The van der Waals surface area contributed by atoms with Crippen molar-refractivity contribution in [3.05, 3.63) is 64.9 Å². The summed E-state index contributed by atoms with van der Waals surface area (Å²) in [7, 11) is 0. The van der Waals surface area contributed by atoms with Gasteiger partial charge in [-0.05, 0) is 45.8 Å². The zero-order valence-electron chi connectivity index (χ0n) is 21.5. The van der Waals surface area contributed by atoms with Crippen molar-refractivity contribution in [2.45, 2.75) is 39.0 Å². The molecule has 5 rings (SSSR count). The van der Waals surface area contributed by atoms with Crippen LogP contribution in [0, 0.1) is 0 Å². The summed E-state index contributed by atoms with van der Waals surface area (Å²) in [5.74, 6) is -1.25. The summed E-state index contributed by atoms with van der Waals surface area (Å²) < 4.78 is 16.3. The topological polar surface area (TPSA) is 140 Å². The van der Waals surface area contributed by atoms with Gasteiger partial charge in [0, 0.05) is 43.6 Å². The van der Waals surface area contributed by atoms with Crippen LogP contribution in [0.3, 0.4) is 0 Å². The van der Waals surface area contributed by atoms with E-state index in [9.17, 15) is 23.6 Å². The molecule has 1 aliphatic heterocycles. The third-order valence-electron chi connectivity index (χ3n) is 6.51. The Balaban J connectivity index is 1.40. The molecule has 0 spiro atoms. The van der Waals surface area contributed by atoms with Gasteiger partial charge in [0.25, 0.3) is 0 Å². The summed E-state index contributed by atoms with van der Waals surface area (Å²) in [5.41, 5.74) is 1.99. The lowest BCUT2D eigenvalue weighted by molar-refractivity contribution is -0.137. The number of benzene rings is 1. The molecule has 1 saturated heterocycles. The third-order valence-corrected chi connectivity index (χ3v) is 6.95. The number of carbonyl (C=O) groups is 4. The minimum atomic E-state index is -1.36. The number of hydrogen-bond acceptors (Lipinski definition) is 8. The van der Waals surface area contributed by atoms with Gasteiger partial charge in [-0.25, -0.2) is 19.3 Å². The van der Waals surface area contributed by atoms with Crippen molar-refractivity contribution in [3.8, 4) is 11.1 Å². The smallest absolute Gasteiger partial charge is 0.248 e. The quantitative estimate of drug-likeness (QED) is 0.248. The molecular weight excluding hydrogens is 585 g/mol. The molecule has 0 unspecified atom stereocenters. The van der Waals surface area contributed by atoms with Crippen LogP contribution in [0.15, 0.2) is 53.4 Å². The van der Waals surface area contributed by atoms with E-state index in [1.54, 1.807) is 36.4 Å². The minimum Gasteiger partial charge on any atom is -0.326 e. The van der Waals surface area contributed by atoms with Crippen molar-refractivity contribution in [3.63, 3.8) is 0 Å². The number of rotatable bonds is 7. The van der Waals surface area contributed by atoms with Crippen LogP contribution in [0.4, 0.5) is 10.2 Å². The number of fused-ring (bicyclic) bond motifs is 1. The molecule has 2 amide bonds. The highest BCUT2D eigenvalue weighted by Crippen LogP contribution is 2.28. The van der Waals surface area contributed by atoms with Gasteiger partial charge in [-0.2, -0.15) is 5.10 Å². The van der Waals surface area contributed by atoms with Gasteiger partial charge in [0.15, 0.2) is 17.4 Å². The Hall–Kier alpha value is -4.39. The van der Waals surface area contributed by atoms with Crippen LogP contribution in [0.25, 0.3) is 22.0 Å². The number of carbonyl (C=O) groups excluding carboxylic acids is 4. The molecule has 1 aliphatic rings. The molecule has 40 heavy (non-hydrogen) atoms. The zero-order valence-corrected chi connectivity index (χ0v) is 23.1. The molecule has 4 aromatic rings. The van der Waals surface area contributed by atoms with Gasteiger partial charge >= 0.3 is 0 Å². The largest absolute Gasteiger partial charge is 0.326 e. The summed E-state index contributed by atoms with van der Waals surface area (Å²) in [6.07, 6.45) is 1.53. The van der Waals surface area contributed by atoms with Gasteiger partial charge in [-0.15, -0.1) is 0 Å². The van der Waals surface area contributed by atoms with Crippen LogP contribution in [-0.4, -0.2) is 71.8 Å². The Morgan fingerprint density at radius 2 is 1.80 bits per heavy atom. The number of pyridine rings is 1. The number of ketones is 2. The Labute approximate surface area is 235 Å². The molecule has 1 aromatic carbocycles. The zero-order chi connectivity index (χ0) is 28.6. The van der Waals surface area contributed by atoms with E-state index in [0.29, 0.717) is 26.6 Å². The first-order valence-corrected chi connectivity index (χ1v) is 13.1. The van der Waals surface area contributed by atoms with Gasteiger partial charge in [0.05, 0.1) is 12.1 Å². The van der Waals surface area contributed by atoms with Gasteiger partial charge in [-0.1, -0.05) is 12.1 Å². The molecule has 204 valence electrons. The molecule has 13 heteroatoms. The van der Waals surface area contributed by atoms with Gasteiger partial charge in [-0.3, -0.25) is 23.9 Å². The van der Waals surface area contributed by atoms with Crippen LogP contribution < -0.4 is 5.32 Å². The highest BCUT2D eigenvalue weighted by atomic mass is 79.9. The standard InChI is InChI=1S/C27H23BrFN7O4/c1-14(37)25-19-8-16(17-10-30-26(15(2)38)31-11-17)6-7-20(19)36(34-25)13-24(39)35-12-18(29)9-21(35)27(40)33-23-5-3-4-22(28)32-23/h3-8,10-11,18,21H,9,12-13H2,1-2H3,(H,32,33,40)/t18-,21+/m1/s1. The maximum Gasteiger partial charge on any atom is 0.248 e. The molecular formula is C27H23BrFN7O4. The summed E-state index contributed by atoms with van der Waals surface area (Å²) in [6, 6.07) is 9.16. The lowest BCUT2D eigenvalue weighted by Gasteiger charge is -2.23. The molecule has 0 aliphatic carbocycles. The first-order valence-electron chi connectivity index (χ1n) is 12.3. The first kappa shape index (κ1) is 27.2. The highest BCUT2D eigenvalue weighted by Gasteiger charge is 2.40. The maximum absolute atomic E-state index is 14.4. The number of halogens is 2. The number of nitrogens with zero attached hydrogens (tertiary/aromatic N) is 6. The van der Waals surface area contributed by atoms with Gasteiger partial charge in [0.2, 0.25) is 11.8 Å². The number of alkyl halides is 1. The number of likely N-dealkylation sites (tertiary alicyclic amines) is 1. The Kier molecular flexibility index (Phi) is 7.48. The number of anilines is 1. The van der Waals surface area contributed by atoms with E-state index in [1.165, 1.54) is 35.8 Å². The second-order valence-corrected chi connectivity index (χ2v) is 10.2. The third kappa shape index (κ3) is 5.50. The van der Waals surface area contributed by atoms with Crippen LogP contribution in [0.5, 0.6) is 0 Å². The van der Waals surface area contributed by atoms with Crippen molar-refractivity contribution in [2.75, 3.05) is 11.9 Å². The molecule has 1 fully saturated rings. The normalized spacial score (nSPS) is 16.8. The second-order valence-electron chi connectivity index (χ2n) is 9.38. The fourth-order valence-electron chi connectivity index (χ4n) is 4.61. The molecule has 0 saturated carbocycles. The molecule has 11 nitrogen and oxygen atoms in total. The van der Waals surface area contributed by atoms with E-state index >= 15 is 0 Å². The SMILES string of the molecule is CC(=O)c1ncc(-c2ccc3c(c2)c(C(C)=O)nn3CC(=O)N2C[C@H](F)C[C@H]2C(=O)Nc2cccc(Br)n2)cn1. The summed E-state index contributed by atoms with van der Waals surface area (Å²) >= 11 is 3.24. The Morgan fingerprint density at radius 1 is 1.05 bits per heavy atom. The van der Waals surface area contributed by atoms with Crippen LogP contribution in [0.1, 0.15) is 41.4 Å². The fraction of sp³-hybridized carbons (Fsp3) is 0.259. The van der Waals surface area contributed by atoms with E-state index in [-0.39, 0.29) is 48.4 Å². The van der Waals surface area contributed by atoms with Crippen LogP contribution in [-0.2, 0) is 16.1 Å².